The normalized spacial score (nSPS) is 13.7. The lowest BCUT2D eigenvalue weighted by atomic mass is 9.86. The summed E-state index contributed by atoms with van der Waals surface area (Å²) in [7, 11) is 2.84. The highest BCUT2D eigenvalue weighted by atomic mass is 16.6. The van der Waals surface area contributed by atoms with Crippen molar-refractivity contribution in [2.24, 2.45) is 0 Å². The van der Waals surface area contributed by atoms with Gasteiger partial charge in [-0.1, -0.05) is 32.9 Å². The molecule has 1 saturated heterocycles. The first-order valence-corrected chi connectivity index (χ1v) is 11.1. The lowest BCUT2D eigenvalue weighted by molar-refractivity contribution is 0.102. The molecule has 1 fully saturated rings. The lowest BCUT2D eigenvalue weighted by Crippen LogP contribution is -2.50. The molecule has 11 nitrogen and oxygen atoms in total. The zero-order chi connectivity index (χ0) is 25.2. The summed E-state index contributed by atoms with van der Waals surface area (Å²) in [4.78, 5) is 25.5. The average Bonchev–Trinajstić information content (AvgIpc) is 3.26. The SMILES string of the molecule is COc1nc(OC2CNC2)nc(OC)c1NC(=O)c1coc(Oc2cc(C(C)(C)C)ccc2C)n1. The lowest BCUT2D eigenvalue weighted by Gasteiger charge is -2.26. The Morgan fingerprint density at radius 2 is 1.80 bits per heavy atom. The van der Waals surface area contributed by atoms with Crippen molar-refractivity contribution in [3.63, 3.8) is 0 Å². The van der Waals surface area contributed by atoms with Crippen LogP contribution in [0.15, 0.2) is 28.9 Å². The minimum absolute atomic E-state index is 0.00500. The number of amides is 1. The van der Waals surface area contributed by atoms with Crippen LogP contribution >= 0.6 is 0 Å². The van der Waals surface area contributed by atoms with E-state index in [1.54, 1.807) is 0 Å². The summed E-state index contributed by atoms with van der Waals surface area (Å²) in [6.45, 7) is 9.66. The van der Waals surface area contributed by atoms with Crippen molar-refractivity contribution in [1.82, 2.24) is 20.3 Å². The van der Waals surface area contributed by atoms with Crippen LogP contribution < -0.4 is 29.6 Å². The Kier molecular flexibility index (Phi) is 6.79. The fourth-order valence-electron chi connectivity index (χ4n) is 3.21. The van der Waals surface area contributed by atoms with Crippen molar-refractivity contribution in [2.45, 2.75) is 39.2 Å². The largest absolute Gasteiger partial charge is 0.479 e. The van der Waals surface area contributed by atoms with Gasteiger partial charge in [0.25, 0.3) is 5.91 Å². The van der Waals surface area contributed by atoms with E-state index < -0.39 is 5.91 Å². The third-order valence-electron chi connectivity index (χ3n) is 5.43. The summed E-state index contributed by atoms with van der Waals surface area (Å²) < 4.78 is 27.5. The number of methoxy groups -OCH3 is 2. The topological polar surface area (TPSA) is 130 Å². The van der Waals surface area contributed by atoms with Gasteiger partial charge in [0.05, 0.1) is 14.2 Å². The van der Waals surface area contributed by atoms with Crippen molar-refractivity contribution in [2.75, 3.05) is 32.6 Å². The monoisotopic (exact) mass is 483 g/mol. The van der Waals surface area contributed by atoms with Crippen molar-refractivity contribution in [3.8, 4) is 29.6 Å². The van der Waals surface area contributed by atoms with Gasteiger partial charge in [-0.3, -0.25) is 4.79 Å². The predicted octanol–water partition coefficient (Wildman–Crippen LogP) is 3.48. The standard InChI is InChI=1S/C24H29N5O6/c1-13-7-8-14(24(2,3)4)9-17(13)35-23-26-16(12-33-23)19(30)27-18-20(31-5)28-22(29-21(18)32-6)34-15-10-25-11-15/h7-9,12,15,25H,10-11H2,1-6H3,(H,27,30). The molecule has 1 aliphatic heterocycles. The Morgan fingerprint density at radius 1 is 1.11 bits per heavy atom. The molecule has 0 bridgehead atoms. The minimum Gasteiger partial charge on any atom is -0.479 e. The van der Waals surface area contributed by atoms with E-state index in [0.29, 0.717) is 18.8 Å². The van der Waals surface area contributed by atoms with Crippen LogP contribution in [0.25, 0.3) is 0 Å². The molecule has 0 spiro atoms. The molecule has 1 aromatic carbocycles. The number of aryl methyl sites for hydroxylation is 1. The molecule has 11 heteroatoms. The summed E-state index contributed by atoms with van der Waals surface area (Å²) in [6, 6.07) is 6.06. The van der Waals surface area contributed by atoms with Gasteiger partial charge in [-0.25, -0.2) is 0 Å². The molecular weight excluding hydrogens is 454 g/mol. The van der Waals surface area contributed by atoms with Gasteiger partial charge in [0.15, 0.2) is 11.4 Å². The highest BCUT2D eigenvalue weighted by Crippen LogP contribution is 2.34. The van der Waals surface area contributed by atoms with Gasteiger partial charge in [0.2, 0.25) is 11.8 Å². The third-order valence-corrected chi connectivity index (χ3v) is 5.43. The second-order valence-electron chi connectivity index (χ2n) is 9.08. The van der Waals surface area contributed by atoms with Gasteiger partial charge < -0.3 is 34.0 Å². The molecular formula is C24H29N5O6. The van der Waals surface area contributed by atoms with Crippen LogP contribution in [0.3, 0.4) is 0 Å². The van der Waals surface area contributed by atoms with Crippen LogP contribution in [-0.2, 0) is 5.41 Å². The molecule has 0 unspecified atom stereocenters. The maximum absolute atomic E-state index is 12.9. The number of oxazole rings is 1. The maximum Gasteiger partial charge on any atom is 0.399 e. The highest BCUT2D eigenvalue weighted by Gasteiger charge is 2.25. The number of nitrogens with one attached hydrogen (secondary N) is 2. The Bertz CT molecular complexity index is 1190. The number of ether oxygens (including phenoxy) is 4. The summed E-state index contributed by atoms with van der Waals surface area (Å²) >= 11 is 0. The molecule has 35 heavy (non-hydrogen) atoms. The smallest absolute Gasteiger partial charge is 0.399 e. The van der Waals surface area contributed by atoms with Crippen LogP contribution in [-0.4, -0.2) is 54.3 Å². The second kappa shape index (κ2) is 9.79. The molecule has 4 rings (SSSR count). The number of rotatable bonds is 8. The number of anilines is 1. The van der Waals surface area contributed by atoms with Gasteiger partial charge in [-0.15, -0.1) is 0 Å². The summed E-state index contributed by atoms with van der Waals surface area (Å²) in [5.74, 6) is 0.185. The number of carbonyl (C=O) groups excluding carboxylic acids is 1. The third kappa shape index (κ3) is 5.46. The zero-order valence-electron chi connectivity index (χ0n) is 20.6. The van der Waals surface area contributed by atoms with Gasteiger partial charge >= 0.3 is 12.1 Å². The van der Waals surface area contributed by atoms with Crippen molar-refractivity contribution in [1.29, 1.82) is 0 Å². The maximum atomic E-state index is 12.9. The molecule has 186 valence electrons. The van der Waals surface area contributed by atoms with Gasteiger partial charge in [0.1, 0.15) is 18.1 Å². The molecule has 3 heterocycles. The number of hydrogen-bond donors (Lipinski definition) is 2. The van der Waals surface area contributed by atoms with Crippen molar-refractivity contribution < 1.29 is 28.2 Å². The van der Waals surface area contributed by atoms with Crippen LogP contribution in [0, 0.1) is 6.92 Å². The summed E-state index contributed by atoms with van der Waals surface area (Å²) in [5, 5.41) is 5.76. The number of nitrogens with zero attached hydrogens (tertiary/aromatic N) is 3. The Morgan fingerprint density at radius 3 is 2.37 bits per heavy atom. The number of aromatic nitrogens is 3. The van der Waals surface area contributed by atoms with Crippen molar-refractivity contribution in [3.05, 3.63) is 41.3 Å². The molecule has 3 aromatic rings. The predicted molar refractivity (Wildman–Crippen MR) is 127 cm³/mol. The second-order valence-corrected chi connectivity index (χ2v) is 9.08. The van der Waals surface area contributed by atoms with Crippen LogP contribution in [0.1, 0.15) is 42.4 Å². The summed E-state index contributed by atoms with van der Waals surface area (Å²) in [5.41, 5.74) is 2.09. The van der Waals surface area contributed by atoms with E-state index in [2.05, 4.69) is 52.4 Å². The quantitative estimate of drug-likeness (QED) is 0.491. The molecule has 0 saturated carbocycles. The molecule has 1 amide bonds. The van der Waals surface area contributed by atoms with E-state index in [-0.39, 0.29) is 46.7 Å². The van der Waals surface area contributed by atoms with Gasteiger partial charge in [0, 0.05) is 13.1 Å². The zero-order valence-corrected chi connectivity index (χ0v) is 20.6. The van der Waals surface area contributed by atoms with E-state index in [1.165, 1.54) is 20.5 Å². The molecule has 0 atom stereocenters. The molecule has 1 aliphatic rings. The fraction of sp³-hybridized carbons (Fsp3) is 0.417. The summed E-state index contributed by atoms with van der Waals surface area (Å²) in [6.07, 6.45) is 1.11. The first-order valence-electron chi connectivity index (χ1n) is 11.1. The van der Waals surface area contributed by atoms with Crippen LogP contribution in [0.2, 0.25) is 0 Å². The van der Waals surface area contributed by atoms with E-state index >= 15 is 0 Å². The number of hydrogen-bond acceptors (Lipinski definition) is 10. The fourth-order valence-corrected chi connectivity index (χ4v) is 3.21. The highest BCUT2D eigenvalue weighted by molar-refractivity contribution is 6.04. The van der Waals surface area contributed by atoms with Crippen molar-refractivity contribution >= 4 is 11.6 Å². The molecule has 0 aliphatic carbocycles. The Balaban J connectivity index is 1.51. The van der Waals surface area contributed by atoms with E-state index in [9.17, 15) is 4.79 Å². The molecule has 2 N–H and O–H groups in total. The van der Waals surface area contributed by atoms with Gasteiger partial charge in [-0.05, 0) is 29.5 Å². The first kappa shape index (κ1) is 24.3. The Hall–Kier alpha value is -3.86. The van der Waals surface area contributed by atoms with E-state index in [4.69, 9.17) is 23.4 Å². The van der Waals surface area contributed by atoms with Crippen LogP contribution in [0.5, 0.6) is 29.6 Å². The first-order chi connectivity index (χ1) is 16.7. The minimum atomic E-state index is -0.583. The number of benzene rings is 1. The van der Waals surface area contributed by atoms with E-state index in [0.717, 1.165) is 11.1 Å². The van der Waals surface area contributed by atoms with Crippen LogP contribution in [0.4, 0.5) is 5.69 Å². The van der Waals surface area contributed by atoms with E-state index in [1.807, 2.05) is 19.1 Å². The average molecular weight is 484 g/mol. The molecule has 0 radical (unpaired) electrons. The molecule has 2 aromatic heterocycles. The van der Waals surface area contributed by atoms with Gasteiger partial charge in [-0.2, -0.15) is 15.0 Å². The Labute approximate surface area is 203 Å². The number of carbonyl (C=O) groups is 1.